The molecular weight excluding hydrogens is 611 g/mol. The highest BCUT2D eigenvalue weighted by Crippen LogP contribution is 2.44. The van der Waals surface area contributed by atoms with E-state index in [2.05, 4.69) is 26.8 Å². The number of halogens is 1. The quantitative estimate of drug-likeness (QED) is 0.264. The summed E-state index contributed by atoms with van der Waals surface area (Å²) in [5, 5.41) is 3.00. The van der Waals surface area contributed by atoms with Crippen LogP contribution in [0.15, 0.2) is 79.6 Å². The summed E-state index contributed by atoms with van der Waals surface area (Å²) in [6.07, 6.45) is 6.88. The number of ether oxygens (including phenoxy) is 1. The second kappa shape index (κ2) is 15.5. The van der Waals surface area contributed by atoms with Crippen LogP contribution in [0.2, 0.25) is 0 Å². The maximum atomic E-state index is 13.9. The van der Waals surface area contributed by atoms with E-state index in [-0.39, 0.29) is 17.6 Å². The SMILES string of the molecule is C=CCN(CCC[C@H](NC(=O)c1ccc(-c2ncccn2)cc1)C(=O)N1CCN(C(=O)OC(C)(C)C)CC1)[C@@H]1C[C@H]1c1ccc(F)cc1. The summed E-state index contributed by atoms with van der Waals surface area (Å²) in [7, 11) is 0. The lowest BCUT2D eigenvalue weighted by atomic mass is 10.1. The van der Waals surface area contributed by atoms with Crippen LogP contribution < -0.4 is 5.32 Å². The van der Waals surface area contributed by atoms with Gasteiger partial charge in [0.1, 0.15) is 17.5 Å². The maximum absolute atomic E-state index is 13.9. The normalized spacial score (nSPS) is 18.3. The van der Waals surface area contributed by atoms with E-state index in [1.807, 2.05) is 39.0 Å². The number of amides is 3. The van der Waals surface area contributed by atoms with Crippen LogP contribution in [0, 0.1) is 5.82 Å². The number of hydrogen-bond acceptors (Lipinski definition) is 7. The average Bonchev–Trinajstić information content (AvgIpc) is 3.88. The van der Waals surface area contributed by atoms with E-state index in [4.69, 9.17) is 4.74 Å². The Balaban J connectivity index is 1.24. The third-order valence-corrected chi connectivity index (χ3v) is 8.64. The number of carbonyl (C=O) groups is 3. The summed E-state index contributed by atoms with van der Waals surface area (Å²) in [4.78, 5) is 54.2. The fourth-order valence-electron chi connectivity index (χ4n) is 6.08. The zero-order valence-electron chi connectivity index (χ0n) is 28.0. The molecule has 2 fully saturated rings. The van der Waals surface area contributed by atoms with Gasteiger partial charge in [-0.25, -0.2) is 19.2 Å². The number of benzene rings is 2. The lowest BCUT2D eigenvalue weighted by Gasteiger charge is -2.37. The molecule has 3 aromatic rings. The van der Waals surface area contributed by atoms with Crippen molar-refractivity contribution >= 4 is 17.9 Å². The van der Waals surface area contributed by atoms with Gasteiger partial charge in [0, 0.05) is 68.2 Å². The zero-order valence-corrected chi connectivity index (χ0v) is 28.0. The van der Waals surface area contributed by atoms with Crippen molar-refractivity contribution in [1.29, 1.82) is 0 Å². The van der Waals surface area contributed by atoms with E-state index >= 15 is 0 Å². The standard InChI is InChI=1S/C37H45FN6O4/c1-5-19-42(32-25-30(32)26-13-15-29(38)16-14-26)20-6-8-31(35(46)43-21-23-44(24-22-43)36(47)48-37(2,3)4)41-34(45)28-11-9-27(10-12-28)33-39-17-7-18-40-33/h5,7,9-18,30-32H,1,6,8,19-25H2,2-4H3,(H,41,45)/t30-,31-,32+/m0/s1. The molecule has 1 saturated heterocycles. The maximum Gasteiger partial charge on any atom is 0.410 e. The monoisotopic (exact) mass is 656 g/mol. The third-order valence-electron chi connectivity index (χ3n) is 8.64. The minimum absolute atomic E-state index is 0.174. The Hall–Kier alpha value is -4.64. The molecule has 3 amide bonds. The summed E-state index contributed by atoms with van der Waals surface area (Å²) in [6.45, 7) is 12.2. The highest BCUT2D eigenvalue weighted by Gasteiger charge is 2.42. The zero-order chi connectivity index (χ0) is 34.3. The molecule has 10 nitrogen and oxygen atoms in total. The topological polar surface area (TPSA) is 108 Å². The Kier molecular flexibility index (Phi) is 11.2. The van der Waals surface area contributed by atoms with Gasteiger partial charge in [-0.3, -0.25) is 14.5 Å². The van der Waals surface area contributed by atoms with Crippen LogP contribution in [0.4, 0.5) is 9.18 Å². The lowest BCUT2D eigenvalue weighted by Crippen LogP contribution is -2.56. The molecule has 1 aliphatic carbocycles. The molecule has 254 valence electrons. The van der Waals surface area contributed by atoms with Crippen LogP contribution in [0.1, 0.15) is 61.9 Å². The molecule has 11 heteroatoms. The molecule has 1 saturated carbocycles. The molecule has 48 heavy (non-hydrogen) atoms. The fourth-order valence-corrected chi connectivity index (χ4v) is 6.08. The Morgan fingerprint density at radius 1 is 1.02 bits per heavy atom. The van der Waals surface area contributed by atoms with Gasteiger partial charge in [0.05, 0.1) is 0 Å². The van der Waals surface area contributed by atoms with Gasteiger partial charge in [-0.2, -0.15) is 0 Å². The number of hydrogen-bond donors (Lipinski definition) is 1. The molecule has 1 aliphatic heterocycles. The first-order chi connectivity index (χ1) is 23.0. The second-order valence-electron chi connectivity index (χ2n) is 13.4. The van der Waals surface area contributed by atoms with Crippen molar-refractivity contribution in [2.45, 2.75) is 63.6 Å². The number of carbonyl (C=O) groups excluding carboxylic acids is 3. The molecule has 2 heterocycles. The van der Waals surface area contributed by atoms with Crippen molar-refractivity contribution in [2.75, 3.05) is 39.3 Å². The second-order valence-corrected chi connectivity index (χ2v) is 13.4. The first-order valence-corrected chi connectivity index (χ1v) is 16.6. The van der Waals surface area contributed by atoms with E-state index in [0.29, 0.717) is 75.5 Å². The molecule has 0 bridgehead atoms. The summed E-state index contributed by atoms with van der Waals surface area (Å²) in [5.41, 5.74) is 1.72. The van der Waals surface area contributed by atoms with Crippen molar-refractivity contribution in [3.63, 3.8) is 0 Å². The van der Waals surface area contributed by atoms with Crippen molar-refractivity contribution < 1.29 is 23.5 Å². The van der Waals surface area contributed by atoms with E-state index in [1.54, 1.807) is 52.5 Å². The highest BCUT2D eigenvalue weighted by atomic mass is 19.1. The van der Waals surface area contributed by atoms with Crippen molar-refractivity contribution in [3.8, 4) is 11.4 Å². The van der Waals surface area contributed by atoms with E-state index in [1.165, 1.54) is 12.1 Å². The van der Waals surface area contributed by atoms with Gasteiger partial charge in [-0.1, -0.05) is 30.3 Å². The van der Waals surface area contributed by atoms with Crippen LogP contribution in [0.5, 0.6) is 0 Å². The number of nitrogens with zero attached hydrogens (tertiary/aromatic N) is 5. The van der Waals surface area contributed by atoms with Crippen LogP contribution >= 0.6 is 0 Å². The van der Waals surface area contributed by atoms with Gasteiger partial charge in [0.2, 0.25) is 5.91 Å². The van der Waals surface area contributed by atoms with Crippen molar-refractivity contribution in [1.82, 2.24) is 30.0 Å². The Labute approximate surface area is 282 Å². The molecule has 2 aliphatic rings. The van der Waals surface area contributed by atoms with Gasteiger partial charge < -0.3 is 19.9 Å². The van der Waals surface area contributed by atoms with Crippen molar-refractivity contribution in [3.05, 3.63) is 96.6 Å². The van der Waals surface area contributed by atoms with Crippen LogP contribution in [-0.4, -0.2) is 99.5 Å². The first-order valence-electron chi connectivity index (χ1n) is 16.6. The predicted octanol–water partition coefficient (Wildman–Crippen LogP) is 5.28. The minimum atomic E-state index is -0.750. The molecular formula is C37H45FN6O4. The molecule has 1 N–H and O–H groups in total. The van der Waals surface area contributed by atoms with Gasteiger partial charge in [0.15, 0.2) is 5.82 Å². The van der Waals surface area contributed by atoms with Crippen LogP contribution in [0.3, 0.4) is 0 Å². The van der Waals surface area contributed by atoms with E-state index in [9.17, 15) is 18.8 Å². The van der Waals surface area contributed by atoms with Gasteiger partial charge in [0.25, 0.3) is 5.91 Å². The summed E-state index contributed by atoms with van der Waals surface area (Å²) >= 11 is 0. The molecule has 0 spiro atoms. The van der Waals surface area contributed by atoms with Crippen molar-refractivity contribution in [2.24, 2.45) is 0 Å². The number of rotatable bonds is 12. The number of nitrogens with one attached hydrogen (secondary N) is 1. The van der Waals surface area contributed by atoms with Gasteiger partial charge in [-0.15, -0.1) is 6.58 Å². The molecule has 3 atom stereocenters. The summed E-state index contributed by atoms with van der Waals surface area (Å²) in [6, 6.07) is 15.0. The fraction of sp³-hybridized carbons (Fsp3) is 0.432. The molecule has 2 aromatic carbocycles. The van der Waals surface area contributed by atoms with Gasteiger partial charge in [-0.05, 0) is 82.5 Å². The van der Waals surface area contributed by atoms with E-state index < -0.39 is 17.7 Å². The largest absolute Gasteiger partial charge is 0.444 e. The van der Waals surface area contributed by atoms with E-state index in [0.717, 1.165) is 17.5 Å². The number of piperazine rings is 1. The van der Waals surface area contributed by atoms with Crippen LogP contribution in [-0.2, 0) is 9.53 Å². The lowest BCUT2D eigenvalue weighted by molar-refractivity contribution is -0.135. The van der Waals surface area contributed by atoms with Crippen LogP contribution in [0.25, 0.3) is 11.4 Å². The summed E-state index contributed by atoms with van der Waals surface area (Å²) < 4.78 is 19.0. The Morgan fingerprint density at radius 2 is 1.67 bits per heavy atom. The predicted molar refractivity (Wildman–Crippen MR) is 182 cm³/mol. The smallest absolute Gasteiger partial charge is 0.410 e. The minimum Gasteiger partial charge on any atom is -0.444 e. The molecule has 0 unspecified atom stereocenters. The Bertz CT molecular complexity index is 1550. The highest BCUT2D eigenvalue weighted by molar-refractivity contribution is 5.97. The molecule has 1 aromatic heterocycles. The third kappa shape index (κ3) is 9.25. The first kappa shape index (κ1) is 34.7. The molecule has 0 radical (unpaired) electrons. The number of aromatic nitrogens is 2. The molecule has 5 rings (SSSR count). The summed E-state index contributed by atoms with van der Waals surface area (Å²) in [5.74, 6) is 0.122. The van der Waals surface area contributed by atoms with Gasteiger partial charge >= 0.3 is 6.09 Å². The average molecular weight is 657 g/mol. The Morgan fingerprint density at radius 3 is 2.29 bits per heavy atom.